The highest BCUT2D eigenvalue weighted by atomic mass is 16.5. The van der Waals surface area contributed by atoms with Crippen LogP contribution in [-0.2, 0) is 20.8 Å². The van der Waals surface area contributed by atoms with Crippen LogP contribution in [0.4, 0.5) is 0 Å². The molecule has 2 heterocycles. The molecular weight excluding hydrogens is 400 g/mol. The van der Waals surface area contributed by atoms with Crippen molar-refractivity contribution in [1.82, 2.24) is 9.80 Å². The van der Waals surface area contributed by atoms with Crippen LogP contribution < -0.4 is 0 Å². The molecule has 2 aliphatic heterocycles. The number of morpholine rings is 1. The molecule has 1 fully saturated rings. The Hall–Kier alpha value is -3.52. The summed E-state index contributed by atoms with van der Waals surface area (Å²) >= 11 is 0. The third-order valence-corrected chi connectivity index (χ3v) is 5.31. The normalized spacial score (nSPS) is 18.2. The quantitative estimate of drug-likeness (QED) is 0.540. The van der Waals surface area contributed by atoms with E-state index < -0.39 is 24.4 Å². The molecule has 4 rings (SSSR count). The molecule has 8 nitrogen and oxygen atoms in total. The molecule has 1 atom stereocenters. The molecule has 1 saturated heterocycles. The monoisotopic (exact) mass is 422 g/mol. The first-order valence-corrected chi connectivity index (χ1v) is 10.0. The molecule has 1 unspecified atom stereocenters. The molecule has 0 aliphatic carbocycles. The zero-order valence-electron chi connectivity index (χ0n) is 17.1. The lowest BCUT2D eigenvalue weighted by molar-refractivity contribution is -0.141. The van der Waals surface area contributed by atoms with Gasteiger partial charge in [-0.15, -0.1) is 0 Å². The molecule has 2 aliphatic rings. The van der Waals surface area contributed by atoms with Gasteiger partial charge in [0.05, 0.1) is 35.9 Å². The van der Waals surface area contributed by atoms with Gasteiger partial charge in [-0.2, -0.15) is 0 Å². The third kappa shape index (κ3) is 4.34. The van der Waals surface area contributed by atoms with E-state index in [9.17, 15) is 19.2 Å². The molecule has 160 valence electrons. The predicted molar refractivity (Wildman–Crippen MR) is 109 cm³/mol. The maximum atomic E-state index is 12.8. The van der Waals surface area contributed by atoms with Gasteiger partial charge in [-0.25, -0.2) is 4.79 Å². The first-order chi connectivity index (χ1) is 14.9. The Bertz CT molecular complexity index is 1040. The molecule has 0 aromatic heterocycles. The molecule has 0 spiro atoms. The van der Waals surface area contributed by atoms with E-state index in [-0.39, 0.29) is 35.2 Å². The average Bonchev–Trinajstić information content (AvgIpc) is 3.02. The number of nitrogens with zero attached hydrogens (tertiary/aromatic N) is 2. The molecule has 0 saturated carbocycles. The van der Waals surface area contributed by atoms with Gasteiger partial charge in [0.1, 0.15) is 0 Å². The summed E-state index contributed by atoms with van der Waals surface area (Å²) < 4.78 is 10.5. The zero-order chi connectivity index (χ0) is 22.0. The second kappa shape index (κ2) is 8.69. The minimum Gasteiger partial charge on any atom is -0.452 e. The lowest BCUT2D eigenvalue weighted by atomic mass is 10.1. The molecule has 8 heteroatoms. The number of fused-ring (bicyclic) bond motifs is 1. The Labute approximate surface area is 179 Å². The van der Waals surface area contributed by atoms with E-state index in [1.165, 1.54) is 18.2 Å². The van der Waals surface area contributed by atoms with E-state index in [0.29, 0.717) is 19.7 Å². The Morgan fingerprint density at radius 3 is 2.55 bits per heavy atom. The van der Waals surface area contributed by atoms with Crippen molar-refractivity contribution in [3.05, 3.63) is 70.8 Å². The van der Waals surface area contributed by atoms with Crippen molar-refractivity contribution in [2.24, 2.45) is 0 Å². The van der Waals surface area contributed by atoms with E-state index in [2.05, 4.69) is 0 Å². The summed E-state index contributed by atoms with van der Waals surface area (Å²) in [6.07, 6.45) is -0.0625. The van der Waals surface area contributed by atoms with Crippen LogP contribution >= 0.6 is 0 Å². The number of hydrogen-bond acceptors (Lipinski definition) is 6. The van der Waals surface area contributed by atoms with Gasteiger partial charge in [0.2, 0.25) is 0 Å². The smallest absolute Gasteiger partial charge is 0.338 e. The van der Waals surface area contributed by atoms with Gasteiger partial charge < -0.3 is 14.4 Å². The minimum absolute atomic E-state index is 0.0625. The number of carbonyl (C=O) groups is 4. The van der Waals surface area contributed by atoms with E-state index in [1.807, 2.05) is 37.3 Å². The SMILES string of the molecule is CC1CN(C(=O)COC(=O)c2ccc3c(c2)C(=O)N(Cc2ccccc2)C3=O)CCO1. The first kappa shape index (κ1) is 20.7. The number of benzene rings is 2. The van der Waals surface area contributed by atoms with E-state index in [1.54, 1.807) is 4.90 Å². The number of rotatable bonds is 5. The minimum atomic E-state index is -0.723. The number of ether oxygens (including phenoxy) is 2. The van der Waals surface area contributed by atoms with Crippen LogP contribution in [0.3, 0.4) is 0 Å². The lowest BCUT2D eigenvalue weighted by Gasteiger charge is -2.30. The van der Waals surface area contributed by atoms with Crippen molar-refractivity contribution in [2.45, 2.75) is 19.6 Å². The molecule has 0 bridgehead atoms. The van der Waals surface area contributed by atoms with Crippen molar-refractivity contribution >= 4 is 23.7 Å². The zero-order valence-corrected chi connectivity index (χ0v) is 17.1. The van der Waals surface area contributed by atoms with Crippen LogP contribution in [0.2, 0.25) is 0 Å². The van der Waals surface area contributed by atoms with Crippen molar-refractivity contribution in [3.63, 3.8) is 0 Å². The van der Waals surface area contributed by atoms with Crippen molar-refractivity contribution < 1.29 is 28.7 Å². The van der Waals surface area contributed by atoms with Crippen molar-refractivity contribution in [1.29, 1.82) is 0 Å². The summed E-state index contributed by atoms with van der Waals surface area (Å²) in [6.45, 7) is 2.97. The maximum Gasteiger partial charge on any atom is 0.338 e. The van der Waals surface area contributed by atoms with Gasteiger partial charge in [-0.05, 0) is 30.7 Å². The number of imide groups is 1. The molecule has 2 aromatic carbocycles. The predicted octanol–water partition coefficient (Wildman–Crippen LogP) is 1.89. The van der Waals surface area contributed by atoms with Crippen LogP contribution in [0.25, 0.3) is 0 Å². The molecule has 2 aromatic rings. The van der Waals surface area contributed by atoms with Gasteiger partial charge in [0, 0.05) is 13.1 Å². The largest absolute Gasteiger partial charge is 0.452 e. The van der Waals surface area contributed by atoms with Gasteiger partial charge in [0.15, 0.2) is 6.61 Å². The number of amides is 3. The van der Waals surface area contributed by atoms with Crippen molar-refractivity contribution in [2.75, 3.05) is 26.3 Å². The Balaban J connectivity index is 1.42. The Morgan fingerprint density at radius 1 is 1.06 bits per heavy atom. The first-order valence-electron chi connectivity index (χ1n) is 10.0. The second-order valence-electron chi connectivity index (χ2n) is 7.54. The summed E-state index contributed by atoms with van der Waals surface area (Å²) in [5.74, 6) is -1.89. The maximum absolute atomic E-state index is 12.8. The number of esters is 1. The summed E-state index contributed by atoms with van der Waals surface area (Å²) in [5, 5.41) is 0. The third-order valence-electron chi connectivity index (χ3n) is 5.31. The van der Waals surface area contributed by atoms with Crippen LogP contribution in [-0.4, -0.2) is 65.9 Å². The van der Waals surface area contributed by atoms with E-state index >= 15 is 0 Å². The number of hydrogen-bond donors (Lipinski definition) is 0. The van der Waals surface area contributed by atoms with Crippen LogP contribution in [0.15, 0.2) is 48.5 Å². The average molecular weight is 422 g/mol. The highest BCUT2D eigenvalue weighted by Gasteiger charge is 2.36. The van der Waals surface area contributed by atoms with E-state index in [4.69, 9.17) is 9.47 Å². The fourth-order valence-corrected chi connectivity index (χ4v) is 3.67. The van der Waals surface area contributed by atoms with Crippen LogP contribution in [0.1, 0.15) is 43.6 Å². The fourth-order valence-electron chi connectivity index (χ4n) is 3.67. The molecule has 31 heavy (non-hydrogen) atoms. The van der Waals surface area contributed by atoms with Gasteiger partial charge >= 0.3 is 5.97 Å². The molecule has 3 amide bonds. The van der Waals surface area contributed by atoms with Gasteiger partial charge in [-0.3, -0.25) is 19.3 Å². The molecule has 0 N–H and O–H groups in total. The van der Waals surface area contributed by atoms with Gasteiger partial charge in [-0.1, -0.05) is 30.3 Å². The lowest BCUT2D eigenvalue weighted by Crippen LogP contribution is -2.46. The highest BCUT2D eigenvalue weighted by molar-refractivity contribution is 6.21. The topological polar surface area (TPSA) is 93.2 Å². The standard InChI is InChI=1S/C23H22N2O6/c1-15-12-24(9-10-30-15)20(26)14-31-23(29)17-7-8-18-19(11-17)22(28)25(21(18)27)13-16-5-3-2-4-6-16/h2-8,11,15H,9-10,12-14H2,1H3. The van der Waals surface area contributed by atoms with Crippen molar-refractivity contribution in [3.8, 4) is 0 Å². The molecule has 0 radical (unpaired) electrons. The summed E-state index contributed by atoms with van der Waals surface area (Å²) in [6, 6.07) is 13.4. The highest BCUT2D eigenvalue weighted by Crippen LogP contribution is 2.26. The fraction of sp³-hybridized carbons (Fsp3) is 0.304. The summed E-state index contributed by atoms with van der Waals surface area (Å²) in [7, 11) is 0. The van der Waals surface area contributed by atoms with Crippen LogP contribution in [0.5, 0.6) is 0 Å². The number of carbonyl (C=O) groups excluding carboxylic acids is 4. The summed E-state index contributed by atoms with van der Waals surface area (Å²) in [5.41, 5.74) is 1.34. The Kier molecular flexibility index (Phi) is 5.81. The second-order valence-corrected chi connectivity index (χ2v) is 7.54. The van der Waals surface area contributed by atoms with Crippen LogP contribution in [0, 0.1) is 0 Å². The molecular formula is C23H22N2O6. The van der Waals surface area contributed by atoms with E-state index in [0.717, 1.165) is 10.5 Å². The summed E-state index contributed by atoms with van der Waals surface area (Å²) in [4.78, 5) is 52.8. The Morgan fingerprint density at radius 2 is 1.81 bits per heavy atom. The van der Waals surface area contributed by atoms with Gasteiger partial charge in [0.25, 0.3) is 17.7 Å².